The number of hydrogen-bond donors (Lipinski definition) is 1. The Kier molecular flexibility index (Phi) is 5.02. The molecule has 23 heavy (non-hydrogen) atoms. The number of amides is 1. The molecule has 0 aliphatic carbocycles. The lowest BCUT2D eigenvalue weighted by molar-refractivity contribution is -0.116. The van der Waals surface area contributed by atoms with Gasteiger partial charge in [-0.05, 0) is 38.3 Å². The van der Waals surface area contributed by atoms with E-state index in [9.17, 15) is 4.79 Å². The maximum Gasteiger partial charge on any atom is 0.224 e. The lowest BCUT2D eigenvalue weighted by Gasteiger charge is -2.10. The Morgan fingerprint density at radius 3 is 3.17 bits per heavy atom. The van der Waals surface area contributed by atoms with Crippen LogP contribution in [-0.2, 0) is 16.1 Å². The second kappa shape index (κ2) is 7.37. The van der Waals surface area contributed by atoms with Crippen molar-refractivity contribution in [3.63, 3.8) is 0 Å². The number of aryl methyl sites for hydroxylation is 1. The SMILES string of the molecule is CCn1cnnc1-c1cccc(NC(=O)CC[C@@H]2CCCO2)c1. The molecule has 1 N–H and O–H groups in total. The van der Waals surface area contributed by atoms with Crippen molar-refractivity contribution in [1.82, 2.24) is 14.8 Å². The summed E-state index contributed by atoms with van der Waals surface area (Å²) in [6.07, 6.45) is 5.40. The minimum Gasteiger partial charge on any atom is -0.378 e. The van der Waals surface area contributed by atoms with Gasteiger partial charge in [-0.1, -0.05) is 12.1 Å². The molecule has 6 heteroatoms. The Bertz CT molecular complexity index is 662. The molecule has 1 aliphatic heterocycles. The Morgan fingerprint density at radius 1 is 1.48 bits per heavy atom. The summed E-state index contributed by atoms with van der Waals surface area (Å²) in [4.78, 5) is 12.1. The molecule has 0 radical (unpaired) electrons. The summed E-state index contributed by atoms with van der Waals surface area (Å²) in [5.41, 5.74) is 1.73. The molecule has 0 spiro atoms. The number of benzene rings is 1. The smallest absolute Gasteiger partial charge is 0.224 e. The molecule has 1 atom stereocenters. The third kappa shape index (κ3) is 3.96. The number of nitrogens with zero attached hydrogens (tertiary/aromatic N) is 3. The topological polar surface area (TPSA) is 69.0 Å². The second-order valence-corrected chi connectivity index (χ2v) is 5.74. The van der Waals surface area contributed by atoms with Gasteiger partial charge in [0.05, 0.1) is 6.10 Å². The fourth-order valence-electron chi connectivity index (χ4n) is 2.83. The van der Waals surface area contributed by atoms with E-state index < -0.39 is 0 Å². The number of carbonyl (C=O) groups is 1. The average molecular weight is 314 g/mol. The average Bonchev–Trinajstić information content (AvgIpc) is 3.24. The molecule has 1 aromatic carbocycles. The molecule has 6 nitrogen and oxygen atoms in total. The molecule has 1 aromatic heterocycles. The number of rotatable bonds is 6. The van der Waals surface area contributed by atoms with E-state index in [1.54, 1.807) is 6.33 Å². The van der Waals surface area contributed by atoms with Crippen molar-refractivity contribution in [3.05, 3.63) is 30.6 Å². The van der Waals surface area contributed by atoms with Gasteiger partial charge in [-0.2, -0.15) is 0 Å². The summed E-state index contributed by atoms with van der Waals surface area (Å²) in [7, 11) is 0. The fourth-order valence-corrected chi connectivity index (χ4v) is 2.83. The van der Waals surface area contributed by atoms with E-state index in [4.69, 9.17) is 4.74 Å². The summed E-state index contributed by atoms with van der Waals surface area (Å²) < 4.78 is 7.52. The zero-order chi connectivity index (χ0) is 16.1. The van der Waals surface area contributed by atoms with Crippen LogP contribution in [0.2, 0.25) is 0 Å². The van der Waals surface area contributed by atoms with Crippen molar-refractivity contribution in [1.29, 1.82) is 0 Å². The summed E-state index contributed by atoms with van der Waals surface area (Å²) in [6.45, 7) is 3.68. The largest absolute Gasteiger partial charge is 0.378 e. The number of anilines is 1. The Hall–Kier alpha value is -2.21. The number of ether oxygens (including phenoxy) is 1. The zero-order valence-electron chi connectivity index (χ0n) is 13.4. The van der Waals surface area contributed by atoms with Gasteiger partial charge >= 0.3 is 0 Å². The second-order valence-electron chi connectivity index (χ2n) is 5.74. The van der Waals surface area contributed by atoms with E-state index in [0.29, 0.717) is 6.42 Å². The van der Waals surface area contributed by atoms with Gasteiger partial charge in [0, 0.05) is 30.8 Å². The Morgan fingerprint density at radius 2 is 2.39 bits per heavy atom. The standard InChI is InChI=1S/C17H22N4O2/c1-2-21-12-18-20-17(21)13-5-3-6-14(11-13)19-16(22)9-8-15-7-4-10-23-15/h3,5-6,11-12,15H,2,4,7-10H2,1H3,(H,19,22)/t15-/m0/s1. The maximum atomic E-state index is 12.1. The molecule has 0 saturated carbocycles. The lowest BCUT2D eigenvalue weighted by Crippen LogP contribution is -2.15. The van der Waals surface area contributed by atoms with Gasteiger partial charge in [-0.3, -0.25) is 4.79 Å². The summed E-state index contributed by atoms with van der Waals surface area (Å²) in [6, 6.07) is 7.71. The number of carbonyl (C=O) groups excluding carboxylic acids is 1. The van der Waals surface area contributed by atoms with Gasteiger partial charge in [0.1, 0.15) is 6.33 Å². The first-order valence-electron chi connectivity index (χ1n) is 8.16. The number of nitrogens with one attached hydrogen (secondary N) is 1. The van der Waals surface area contributed by atoms with Crippen molar-refractivity contribution in [2.24, 2.45) is 0 Å². The first kappa shape index (κ1) is 15.7. The van der Waals surface area contributed by atoms with Crippen molar-refractivity contribution in [2.45, 2.75) is 45.3 Å². The maximum absolute atomic E-state index is 12.1. The van der Waals surface area contributed by atoms with Gasteiger partial charge in [0.2, 0.25) is 5.91 Å². The minimum atomic E-state index is 0.0228. The van der Waals surface area contributed by atoms with E-state index in [0.717, 1.165) is 49.5 Å². The molecule has 0 unspecified atom stereocenters. The predicted octanol–water partition coefficient (Wildman–Crippen LogP) is 2.86. The molecule has 3 rings (SSSR count). The summed E-state index contributed by atoms with van der Waals surface area (Å²) >= 11 is 0. The molecule has 122 valence electrons. The predicted molar refractivity (Wildman–Crippen MR) is 88.0 cm³/mol. The highest BCUT2D eigenvalue weighted by Crippen LogP contribution is 2.21. The van der Waals surface area contributed by atoms with Crippen LogP contribution in [0.1, 0.15) is 32.6 Å². The van der Waals surface area contributed by atoms with E-state index in [2.05, 4.69) is 15.5 Å². The van der Waals surface area contributed by atoms with Crippen LogP contribution < -0.4 is 5.32 Å². The molecule has 1 amide bonds. The highest BCUT2D eigenvalue weighted by Gasteiger charge is 2.16. The van der Waals surface area contributed by atoms with Crippen LogP contribution in [0.25, 0.3) is 11.4 Å². The van der Waals surface area contributed by atoms with Gasteiger partial charge < -0.3 is 14.6 Å². The van der Waals surface area contributed by atoms with E-state index in [-0.39, 0.29) is 12.0 Å². The van der Waals surface area contributed by atoms with Crippen LogP contribution >= 0.6 is 0 Å². The van der Waals surface area contributed by atoms with Gasteiger partial charge in [0.15, 0.2) is 5.82 Å². The van der Waals surface area contributed by atoms with E-state index >= 15 is 0 Å². The molecule has 1 saturated heterocycles. The van der Waals surface area contributed by atoms with Crippen LogP contribution in [0.3, 0.4) is 0 Å². The van der Waals surface area contributed by atoms with Gasteiger partial charge in [-0.15, -0.1) is 10.2 Å². The van der Waals surface area contributed by atoms with E-state index in [1.807, 2.05) is 35.8 Å². The number of hydrogen-bond acceptors (Lipinski definition) is 4. The molecular weight excluding hydrogens is 292 g/mol. The molecular formula is C17H22N4O2. The molecule has 2 heterocycles. The molecule has 0 bridgehead atoms. The van der Waals surface area contributed by atoms with Crippen molar-refractivity contribution in [3.8, 4) is 11.4 Å². The van der Waals surface area contributed by atoms with Gasteiger partial charge in [0.25, 0.3) is 0 Å². The number of aromatic nitrogens is 3. The first-order valence-corrected chi connectivity index (χ1v) is 8.16. The van der Waals surface area contributed by atoms with Crippen LogP contribution in [0, 0.1) is 0 Å². The zero-order valence-corrected chi connectivity index (χ0v) is 13.4. The molecule has 1 fully saturated rings. The van der Waals surface area contributed by atoms with Crippen molar-refractivity contribution >= 4 is 11.6 Å². The van der Waals surface area contributed by atoms with Crippen LogP contribution in [0.5, 0.6) is 0 Å². The highest BCUT2D eigenvalue weighted by molar-refractivity contribution is 5.91. The summed E-state index contributed by atoms with van der Waals surface area (Å²) in [5.74, 6) is 0.831. The lowest BCUT2D eigenvalue weighted by atomic mass is 10.1. The fraction of sp³-hybridized carbons (Fsp3) is 0.471. The van der Waals surface area contributed by atoms with Crippen molar-refractivity contribution < 1.29 is 9.53 Å². The first-order chi connectivity index (χ1) is 11.3. The quantitative estimate of drug-likeness (QED) is 0.890. The Labute approximate surface area is 135 Å². The normalized spacial score (nSPS) is 17.3. The minimum absolute atomic E-state index is 0.0228. The third-order valence-corrected chi connectivity index (χ3v) is 4.08. The van der Waals surface area contributed by atoms with Gasteiger partial charge in [-0.25, -0.2) is 0 Å². The Balaban J connectivity index is 1.62. The van der Waals surface area contributed by atoms with Crippen LogP contribution in [0.4, 0.5) is 5.69 Å². The monoisotopic (exact) mass is 314 g/mol. The van der Waals surface area contributed by atoms with Crippen LogP contribution in [-0.4, -0.2) is 33.4 Å². The third-order valence-electron chi connectivity index (χ3n) is 4.08. The molecule has 2 aromatic rings. The summed E-state index contributed by atoms with van der Waals surface area (Å²) in [5, 5.41) is 11.0. The van der Waals surface area contributed by atoms with Crippen LogP contribution in [0.15, 0.2) is 30.6 Å². The van der Waals surface area contributed by atoms with E-state index in [1.165, 1.54) is 0 Å². The van der Waals surface area contributed by atoms with Crippen molar-refractivity contribution in [2.75, 3.05) is 11.9 Å². The molecule has 1 aliphatic rings. The highest BCUT2D eigenvalue weighted by atomic mass is 16.5.